The number of hydrogen-bond acceptors (Lipinski definition) is 2. The SMILES string of the molecule is Nc1ccncc1.[H-].[Na+]. The normalized spacial score (nSPS) is 7.50. The van der Waals surface area contributed by atoms with Crippen molar-refractivity contribution in [3.8, 4) is 0 Å². The van der Waals surface area contributed by atoms with Gasteiger partial charge >= 0.3 is 29.6 Å². The minimum absolute atomic E-state index is 0. The topological polar surface area (TPSA) is 38.9 Å². The summed E-state index contributed by atoms with van der Waals surface area (Å²) in [7, 11) is 0. The van der Waals surface area contributed by atoms with E-state index in [0.29, 0.717) is 0 Å². The summed E-state index contributed by atoms with van der Waals surface area (Å²) in [6.07, 6.45) is 3.32. The summed E-state index contributed by atoms with van der Waals surface area (Å²) < 4.78 is 0. The minimum atomic E-state index is 0. The molecule has 0 aliphatic carbocycles. The van der Waals surface area contributed by atoms with Crippen molar-refractivity contribution in [1.29, 1.82) is 0 Å². The Kier molecular flexibility index (Phi) is 3.87. The predicted molar refractivity (Wildman–Crippen MR) is 29.8 cm³/mol. The molecule has 1 rings (SSSR count). The zero-order valence-electron chi connectivity index (χ0n) is 5.83. The van der Waals surface area contributed by atoms with Crippen LogP contribution in [0.3, 0.4) is 0 Å². The van der Waals surface area contributed by atoms with Crippen LogP contribution in [-0.4, -0.2) is 4.98 Å². The monoisotopic (exact) mass is 118 g/mol. The van der Waals surface area contributed by atoms with Crippen molar-refractivity contribution in [1.82, 2.24) is 4.98 Å². The van der Waals surface area contributed by atoms with E-state index >= 15 is 0 Å². The summed E-state index contributed by atoms with van der Waals surface area (Å²) in [5.41, 5.74) is 6.08. The Hall–Kier alpha value is -0.0500. The van der Waals surface area contributed by atoms with Crippen LogP contribution in [0.5, 0.6) is 0 Å². The molecule has 2 N–H and O–H groups in total. The molecular formula is C5H7N2Na. The molecule has 2 nitrogen and oxygen atoms in total. The summed E-state index contributed by atoms with van der Waals surface area (Å²) in [5.74, 6) is 0. The van der Waals surface area contributed by atoms with Crippen LogP contribution in [0.25, 0.3) is 0 Å². The molecule has 0 aliphatic heterocycles. The molecule has 0 amide bonds. The number of aromatic nitrogens is 1. The summed E-state index contributed by atoms with van der Waals surface area (Å²) >= 11 is 0. The minimum Gasteiger partial charge on any atom is -1.00 e. The standard InChI is InChI=1S/C5H6N2.Na.H/c6-5-1-3-7-4-2-5;;/h1-4H,(H2,6,7);;/q;+1;-1. The van der Waals surface area contributed by atoms with Gasteiger partial charge in [-0.25, -0.2) is 0 Å². The summed E-state index contributed by atoms with van der Waals surface area (Å²) in [4.78, 5) is 3.77. The summed E-state index contributed by atoms with van der Waals surface area (Å²) in [5, 5.41) is 0. The quantitative estimate of drug-likeness (QED) is 0.392. The van der Waals surface area contributed by atoms with E-state index in [1.54, 1.807) is 24.5 Å². The van der Waals surface area contributed by atoms with E-state index < -0.39 is 0 Å². The molecule has 1 aromatic rings. The van der Waals surface area contributed by atoms with Gasteiger partial charge in [-0.1, -0.05) is 0 Å². The van der Waals surface area contributed by atoms with Crippen molar-refractivity contribution in [3.63, 3.8) is 0 Å². The van der Waals surface area contributed by atoms with E-state index in [2.05, 4.69) is 4.98 Å². The molecule has 0 fully saturated rings. The largest absolute Gasteiger partial charge is 1.00 e. The molecule has 3 heteroatoms. The van der Waals surface area contributed by atoms with Crippen LogP contribution >= 0.6 is 0 Å². The molecule has 38 valence electrons. The molecular weight excluding hydrogens is 111 g/mol. The van der Waals surface area contributed by atoms with Crippen LogP contribution in [0, 0.1) is 0 Å². The molecule has 0 saturated heterocycles. The van der Waals surface area contributed by atoms with Gasteiger partial charge in [0.2, 0.25) is 0 Å². The third-order valence-corrected chi connectivity index (χ3v) is 0.706. The van der Waals surface area contributed by atoms with E-state index in [4.69, 9.17) is 5.73 Å². The average molecular weight is 118 g/mol. The Bertz CT molecular complexity index is 145. The zero-order valence-corrected chi connectivity index (χ0v) is 6.83. The van der Waals surface area contributed by atoms with Gasteiger partial charge in [-0.15, -0.1) is 0 Å². The molecule has 0 saturated carbocycles. The molecule has 0 atom stereocenters. The Morgan fingerprint density at radius 2 is 1.88 bits per heavy atom. The second-order valence-electron chi connectivity index (χ2n) is 1.28. The first-order valence-corrected chi connectivity index (χ1v) is 2.05. The molecule has 0 aromatic carbocycles. The number of nitrogens with zero attached hydrogens (tertiary/aromatic N) is 1. The van der Waals surface area contributed by atoms with Gasteiger partial charge in [-0.3, -0.25) is 4.98 Å². The number of nitrogens with two attached hydrogens (primary N) is 1. The second kappa shape index (κ2) is 3.89. The Morgan fingerprint density at radius 3 is 2.12 bits per heavy atom. The van der Waals surface area contributed by atoms with Gasteiger partial charge in [-0.2, -0.15) is 0 Å². The number of anilines is 1. The van der Waals surface area contributed by atoms with E-state index in [-0.39, 0.29) is 31.0 Å². The van der Waals surface area contributed by atoms with Gasteiger partial charge in [0.15, 0.2) is 0 Å². The Labute approximate surface area is 71.9 Å². The molecule has 0 bridgehead atoms. The Balaban J connectivity index is 0. The maximum absolute atomic E-state index is 5.32. The smallest absolute Gasteiger partial charge is 1.00 e. The van der Waals surface area contributed by atoms with Crippen LogP contribution in [0.1, 0.15) is 1.43 Å². The fourth-order valence-electron chi connectivity index (χ4n) is 0.363. The molecule has 0 unspecified atom stereocenters. The van der Waals surface area contributed by atoms with E-state index in [9.17, 15) is 0 Å². The molecule has 1 heterocycles. The van der Waals surface area contributed by atoms with Crippen molar-refractivity contribution in [2.45, 2.75) is 0 Å². The number of hydrogen-bond donors (Lipinski definition) is 1. The van der Waals surface area contributed by atoms with Gasteiger partial charge in [0.25, 0.3) is 0 Å². The average Bonchev–Trinajstić information content (AvgIpc) is 1.69. The second-order valence-corrected chi connectivity index (χ2v) is 1.28. The van der Waals surface area contributed by atoms with Crippen molar-refractivity contribution in [2.75, 3.05) is 5.73 Å². The maximum Gasteiger partial charge on any atom is 1.00 e. The van der Waals surface area contributed by atoms with E-state index in [1.165, 1.54) is 0 Å². The van der Waals surface area contributed by atoms with Gasteiger partial charge in [0.05, 0.1) is 0 Å². The molecule has 1 aromatic heterocycles. The predicted octanol–water partition coefficient (Wildman–Crippen LogP) is -2.22. The van der Waals surface area contributed by atoms with Crippen LogP contribution in [0.4, 0.5) is 5.69 Å². The number of nitrogen functional groups attached to an aromatic ring is 1. The maximum atomic E-state index is 5.32. The van der Waals surface area contributed by atoms with Crippen molar-refractivity contribution < 1.29 is 31.0 Å². The number of pyridine rings is 1. The Morgan fingerprint density at radius 1 is 1.38 bits per heavy atom. The van der Waals surface area contributed by atoms with Gasteiger partial charge < -0.3 is 7.16 Å². The third-order valence-electron chi connectivity index (χ3n) is 0.706. The third kappa shape index (κ3) is 2.31. The molecule has 8 heavy (non-hydrogen) atoms. The van der Waals surface area contributed by atoms with Gasteiger partial charge in [-0.05, 0) is 12.1 Å². The number of rotatable bonds is 0. The van der Waals surface area contributed by atoms with E-state index in [1.807, 2.05) is 0 Å². The first-order valence-electron chi connectivity index (χ1n) is 2.05. The van der Waals surface area contributed by atoms with Crippen molar-refractivity contribution in [3.05, 3.63) is 24.5 Å². The fraction of sp³-hybridized carbons (Fsp3) is 0. The molecule has 0 aliphatic rings. The fourth-order valence-corrected chi connectivity index (χ4v) is 0.363. The molecule has 0 spiro atoms. The van der Waals surface area contributed by atoms with Crippen LogP contribution < -0.4 is 35.3 Å². The first kappa shape index (κ1) is 7.95. The van der Waals surface area contributed by atoms with E-state index in [0.717, 1.165) is 5.69 Å². The summed E-state index contributed by atoms with van der Waals surface area (Å²) in [6, 6.07) is 3.50. The van der Waals surface area contributed by atoms with Crippen LogP contribution in [0.2, 0.25) is 0 Å². The van der Waals surface area contributed by atoms with Gasteiger partial charge in [0, 0.05) is 18.1 Å². The van der Waals surface area contributed by atoms with Crippen LogP contribution in [-0.2, 0) is 0 Å². The molecule has 0 radical (unpaired) electrons. The first-order chi connectivity index (χ1) is 3.39. The zero-order chi connectivity index (χ0) is 5.11. The van der Waals surface area contributed by atoms with Crippen molar-refractivity contribution in [2.24, 2.45) is 0 Å². The van der Waals surface area contributed by atoms with Gasteiger partial charge in [0.1, 0.15) is 0 Å². The van der Waals surface area contributed by atoms with Crippen molar-refractivity contribution >= 4 is 5.69 Å². The van der Waals surface area contributed by atoms with Crippen LogP contribution in [0.15, 0.2) is 24.5 Å². The summed E-state index contributed by atoms with van der Waals surface area (Å²) in [6.45, 7) is 0.